The molecule has 0 saturated carbocycles. The number of thiazole rings is 1. The maximum atomic E-state index is 12.6. The van der Waals surface area contributed by atoms with Crippen molar-refractivity contribution in [3.8, 4) is 17.0 Å². The van der Waals surface area contributed by atoms with Gasteiger partial charge in [-0.3, -0.25) is 24.9 Å². The second-order valence-electron chi connectivity index (χ2n) is 7.15. The van der Waals surface area contributed by atoms with E-state index in [0.29, 0.717) is 33.4 Å². The lowest BCUT2D eigenvalue weighted by atomic mass is 10.1. The largest absolute Gasteiger partial charge is 0.497 e. The first-order chi connectivity index (χ1) is 16.7. The number of methoxy groups -OCH3 is 1. The number of nitrogens with one attached hydrogen (secondary N) is 2. The summed E-state index contributed by atoms with van der Waals surface area (Å²) in [5.74, 6) is 0.124. The summed E-state index contributed by atoms with van der Waals surface area (Å²) < 4.78 is 32.6. The molecular weight excluding hydrogens is 492 g/mol. The van der Waals surface area contributed by atoms with E-state index < -0.39 is 20.9 Å². The predicted octanol–water partition coefficient (Wildman–Crippen LogP) is 4.78. The fourth-order valence-corrected chi connectivity index (χ4v) is 4.82. The van der Waals surface area contributed by atoms with Crippen molar-refractivity contribution in [2.45, 2.75) is 4.90 Å². The molecular formula is C23H18N4O6S2. The monoisotopic (exact) mass is 510 g/mol. The van der Waals surface area contributed by atoms with Crippen LogP contribution < -0.4 is 14.8 Å². The molecule has 0 atom stereocenters. The molecule has 10 nitrogen and oxygen atoms in total. The molecule has 1 amide bonds. The molecule has 2 N–H and O–H groups in total. The van der Waals surface area contributed by atoms with Gasteiger partial charge in [0.2, 0.25) is 0 Å². The highest BCUT2D eigenvalue weighted by molar-refractivity contribution is 7.92. The molecule has 0 spiro atoms. The number of nitro benzene ring substituents is 1. The van der Waals surface area contributed by atoms with Gasteiger partial charge in [-0.25, -0.2) is 13.4 Å². The van der Waals surface area contributed by atoms with Crippen molar-refractivity contribution in [3.05, 3.63) is 93.9 Å². The minimum atomic E-state index is -3.80. The fourth-order valence-electron chi connectivity index (χ4n) is 3.05. The van der Waals surface area contributed by atoms with E-state index in [2.05, 4.69) is 15.0 Å². The number of benzene rings is 3. The average molecular weight is 511 g/mol. The number of nitro groups is 1. The van der Waals surface area contributed by atoms with E-state index in [1.165, 1.54) is 67.0 Å². The van der Waals surface area contributed by atoms with E-state index in [0.717, 1.165) is 0 Å². The molecule has 0 aliphatic rings. The van der Waals surface area contributed by atoms with Crippen LogP contribution >= 0.6 is 11.3 Å². The Labute approximate surface area is 204 Å². The quantitative estimate of drug-likeness (QED) is 0.257. The van der Waals surface area contributed by atoms with Gasteiger partial charge in [0, 0.05) is 34.3 Å². The number of hydrogen-bond acceptors (Lipinski definition) is 8. The zero-order valence-electron chi connectivity index (χ0n) is 18.2. The molecule has 4 aromatic rings. The number of rotatable bonds is 8. The number of sulfonamides is 1. The van der Waals surface area contributed by atoms with Gasteiger partial charge >= 0.3 is 0 Å². The molecule has 178 valence electrons. The van der Waals surface area contributed by atoms with Gasteiger partial charge in [-0.2, -0.15) is 0 Å². The van der Waals surface area contributed by atoms with Crippen molar-refractivity contribution >= 4 is 43.8 Å². The number of non-ortho nitro benzene ring substituents is 1. The summed E-state index contributed by atoms with van der Waals surface area (Å²) >= 11 is 1.21. The molecule has 12 heteroatoms. The summed E-state index contributed by atoms with van der Waals surface area (Å²) in [4.78, 5) is 27.3. The van der Waals surface area contributed by atoms with Crippen molar-refractivity contribution in [2.24, 2.45) is 0 Å². The third kappa shape index (κ3) is 5.62. The minimum absolute atomic E-state index is 0.0211. The van der Waals surface area contributed by atoms with Gasteiger partial charge in [-0.05, 0) is 60.7 Å². The Hall–Kier alpha value is -4.29. The van der Waals surface area contributed by atoms with Crippen LogP contribution in [0.5, 0.6) is 5.75 Å². The molecule has 0 saturated heterocycles. The van der Waals surface area contributed by atoms with E-state index in [-0.39, 0.29) is 10.6 Å². The Bertz CT molecular complexity index is 1470. The van der Waals surface area contributed by atoms with Crippen molar-refractivity contribution < 1.29 is 22.9 Å². The first kappa shape index (κ1) is 23.9. The maximum absolute atomic E-state index is 12.6. The highest BCUT2D eigenvalue weighted by atomic mass is 32.2. The summed E-state index contributed by atoms with van der Waals surface area (Å²) in [5.41, 5.74) is 1.84. The highest BCUT2D eigenvalue weighted by Gasteiger charge is 2.15. The number of carbonyl (C=O) groups is 1. The topological polar surface area (TPSA) is 141 Å². The average Bonchev–Trinajstić information content (AvgIpc) is 3.32. The Kier molecular flexibility index (Phi) is 6.75. The van der Waals surface area contributed by atoms with Crippen LogP contribution in [0, 0.1) is 10.1 Å². The van der Waals surface area contributed by atoms with Crippen molar-refractivity contribution in [1.82, 2.24) is 4.98 Å². The smallest absolute Gasteiger partial charge is 0.269 e. The summed E-state index contributed by atoms with van der Waals surface area (Å²) in [6.45, 7) is 0. The zero-order chi connectivity index (χ0) is 25.0. The van der Waals surface area contributed by atoms with Crippen LogP contribution in [0.15, 0.2) is 83.1 Å². The lowest BCUT2D eigenvalue weighted by molar-refractivity contribution is -0.384. The predicted molar refractivity (Wildman–Crippen MR) is 132 cm³/mol. The standard InChI is InChI=1S/C23H18N4O6S2/c1-33-19-10-12-20(13-11-19)35(31,32)26-17-6-2-16(3-7-17)22(28)25-23-24-21(14-34-23)15-4-8-18(9-5-15)27(29)30/h2-14,26H,1H3,(H,24,25,28). The van der Waals surface area contributed by atoms with Crippen molar-refractivity contribution in [1.29, 1.82) is 0 Å². The van der Waals surface area contributed by atoms with E-state index in [1.54, 1.807) is 29.6 Å². The molecule has 1 aromatic heterocycles. The SMILES string of the molecule is COc1ccc(S(=O)(=O)Nc2ccc(C(=O)Nc3nc(-c4ccc([N+](=O)[O-])cc4)cs3)cc2)cc1. The zero-order valence-corrected chi connectivity index (χ0v) is 19.8. The number of hydrogen-bond donors (Lipinski definition) is 2. The summed E-state index contributed by atoms with van der Waals surface area (Å²) in [5, 5.41) is 15.6. The van der Waals surface area contributed by atoms with Crippen LogP contribution in [0.4, 0.5) is 16.5 Å². The van der Waals surface area contributed by atoms with Gasteiger partial charge in [0.05, 0.1) is 22.6 Å². The molecule has 3 aromatic carbocycles. The fraction of sp³-hybridized carbons (Fsp3) is 0.0435. The van der Waals surface area contributed by atoms with Gasteiger partial charge in [0.1, 0.15) is 5.75 Å². The molecule has 35 heavy (non-hydrogen) atoms. The second kappa shape index (κ2) is 9.91. The van der Waals surface area contributed by atoms with Gasteiger partial charge in [-0.15, -0.1) is 11.3 Å². The normalized spacial score (nSPS) is 11.0. The van der Waals surface area contributed by atoms with E-state index in [4.69, 9.17) is 4.74 Å². The highest BCUT2D eigenvalue weighted by Crippen LogP contribution is 2.27. The molecule has 0 aliphatic carbocycles. The van der Waals surface area contributed by atoms with Gasteiger partial charge in [-0.1, -0.05) is 0 Å². The molecule has 0 unspecified atom stereocenters. The minimum Gasteiger partial charge on any atom is -0.497 e. The molecule has 0 aliphatic heterocycles. The number of nitrogens with zero attached hydrogens (tertiary/aromatic N) is 2. The van der Waals surface area contributed by atoms with E-state index >= 15 is 0 Å². The Morgan fingerprint density at radius 1 is 1.00 bits per heavy atom. The van der Waals surface area contributed by atoms with Gasteiger partial charge in [0.15, 0.2) is 5.13 Å². The van der Waals surface area contributed by atoms with Crippen molar-refractivity contribution in [3.63, 3.8) is 0 Å². The van der Waals surface area contributed by atoms with E-state index in [9.17, 15) is 23.3 Å². The number of carbonyl (C=O) groups excluding carboxylic acids is 1. The summed E-state index contributed by atoms with van der Waals surface area (Å²) in [6, 6.07) is 17.9. The van der Waals surface area contributed by atoms with Gasteiger partial charge < -0.3 is 4.74 Å². The molecule has 0 fully saturated rings. The van der Waals surface area contributed by atoms with Crippen LogP contribution in [-0.2, 0) is 10.0 Å². The Balaban J connectivity index is 1.40. The van der Waals surface area contributed by atoms with Crippen LogP contribution in [0.25, 0.3) is 11.3 Å². The lowest BCUT2D eigenvalue weighted by Crippen LogP contribution is -2.14. The van der Waals surface area contributed by atoms with E-state index in [1.807, 2.05) is 0 Å². The van der Waals surface area contributed by atoms with Gasteiger partial charge in [0.25, 0.3) is 21.6 Å². The molecule has 0 radical (unpaired) electrons. The third-order valence-corrected chi connectivity index (χ3v) is 7.02. The van der Waals surface area contributed by atoms with Crippen LogP contribution in [0.3, 0.4) is 0 Å². The summed E-state index contributed by atoms with van der Waals surface area (Å²) in [7, 11) is -2.31. The third-order valence-electron chi connectivity index (χ3n) is 4.87. The Morgan fingerprint density at radius 2 is 1.66 bits per heavy atom. The number of anilines is 2. The first-order valence-electron chi connectivity index (χ1n) is 10.0. The number of ether oxygens (including phenoxy) is 1. The Morgan fingerprint density at radius 3 is 2.26 bits per heavy atom. The lowest BCUT2D eigenvalue weighted by Gasteiger charge is -2.09. The molecule has 1 heterocycles. The maximum Gasteiger partial charge on any atom is 0.269 e. The second-order valence-corrected chi connectivity index (χ2v) is 9.69. The summed E-state index contributed by atoms with van der Waals surface area (Å²) in [6.07, 6.45) is 0. The van der Waals surface area contributed by atoms with Crippen molar-refractivity contribution in [2.75, 3.05) is 17.1 Å². The van der Waals surface area contributed by atoms with Crippen LogP contribution in [-0.4, -0.2) is 31.3 Å². The molecule has 0 bridgehead atoms. The van der Waals surface area contributed by atoms with Crippen LogP contribution in [0.2, 0.25) is 0 Å². The number of amides is 1. The molecule has 4 rings (SSSR count). The van der Waals surface area contributed by atoms with Crippen LogP contribution in [0.1, 0.15) is 10.4 Å². The number of aromatic nitrogens is 1. The first-order valence-corrected chi connectivity index (χ1v) is 12.4.